The standard InChI is InChI=1S/C28H31ClF3N7O3/c1-16-14-39(15-17(2)37(16)3)24-10-22(29)19(18-11-34-27(35-12-18)38-4-6-42-7-5-38)8-23(24)36-26(41)20-13-33-25(40)9-21(20)28(30,31)32/h8-13,16-17,20H,4-7,14-15H2,1-3H3,(H,36,41)/t16-,17+,20?. The van der Waals surface area contributed by atoms with Crippen LogP contribution >= 0.6 is 11.6 Å². The molecular formula is C28H31ClF3N7O3. The Bertz CT molecular complexity index is 1400. The van der Waals surface area contributed by atoms with Gasteiger partial charge in [-0.25, -0.2) is 15.0 Å². The maximum Gasteiger partial charge on any atom is 0.414 e. The number of halogens is 4. The van der Waals surface area contributed by atoms with E-state index in [1.54, 1.807) is 24.5 Å². The summed E-state index contributed by atoms with van der Waals surface area (Å²) < 4.78 is 46.6. The first-order valence-electron chi connectivity index (χ1n) is 13.6. The minimum absolute atomic E-state index is 0.160. The van der Waals surface area contributed by atoms with Gasteiger partial charge in [0.05, 0.1) is 35.2 Å². The third-order valence-corrected chi connectivity index (χ3v) is 8.17. The van der Waals surface area contributed by atoms with Gasteiger partial charge in [0.2, 0.25) is 11.9 Å². The van der Waals surface area contributed by atoms with E-state index in [1.165, 1.54) is 0 Å². The molecule has 3 aliphatic rings. The van der Waals surface area contributed by atoms with E-state index >= 15 is 0 Å². The normalized spacial score (nSPS) is 23.6. The Kier molecular flexibility index (Phi) is 8.53. The van der Waals surface area contributed by atoms with Crippen LogP contribution in [0.4, 0.5) is 30.5 Å². The fourth-order valence-electron chi connectivity index (χ4n) is 5.30. The van der Waals surface area contributed by atoms with Crippen molar-refractivity contribution < 1.29 is 27.5 Å². The maximum absolute atomic E-state index is 13.7. The number of hydrogen-bond acceptors (Lipinski definition) is 8. The lowest BCUT2D eigenvalue weighted by Crippen LogP contribution is -2.55. The number of carbonyl (C=O) groups is 2. The molecule has 14 heteroatoms. The molecule has 1 unspecified atom stereocenters. The van der Waals surface area contributed by atoms with Gasteiger partial charge in [-0.05, 0) is 33.0 Å². The van der Waals surface area contributed by atoms with Gasteiger partial charge >= 0.3 is 6.18 Å². The number of likely N-dealkylation sites (N-methyl/N-ethyl adjacent to an activating group) is 1. The SMILES string of the molecule is C[C@@H]1CN(c2cc(Cl)c(-c3cnc(N4CCOCC4)nc3)cc2NC(=O)C2C=NC(=O)C=C2C(F)(F)F)C[C@H](C)N1C. The number of nitrogens with one attached hydrogen (secondary N) is 1. The maximum atomic E-state index is 13.7. The van der Waals surface area contributed by atoms with Crippen LogP contribution in [0.3, 0.4) is 0 Å². The smallest absolute Gasteiger partial charge is 0.378 e. The quantitative estimate of drug-likeness (QED) is 0.549. The molecule has 1 N–H and O–H groups in total. The van der Waals surface area contributed by atoms with Crippen molar-refractivity contribution in [1.82, 2.24) is 14.9 Å². The van der Waals surface area contributed by atoms with Crippen LogP contribution in [0.1, 0.15) is 13.8 Å². The number of rotatable bonds is 5. The summed E-state index contributed by atoms with van der Waals surface area (Å²) >= 11 is 6.78. The third-order valence-electron chi connectivity index (χ3n) is 7.86. The number of amides is 2. The molecule has 5 rings (SSSR count). The lowest BCUT2D eigenvalue weighted by molar-refractivity contribution is -0.124. The van der Waals surface area contributed by atoms with E-state index in [1.807, 2.05) is 11.9 Å². The van der Waals surface area contributed by atoms with Gasteiger partial charge < -0.3 is 19.9 Å². The number of aromatic nitrogens is 2. The van der Waals surface area contributed by atoms with Crippen LogP contribution in [0, 0.1) is 5.92 Å². The van der Waals surface area contributed by atoms with E-state index in [0.717, 1.165) is 6.21 Å². The Balaban J connectivity index is 1.51. The number of ether oxygens (including phenoxy) is 1. The molecule has 224 valence electrons. The minimum atomic E-state index is -4.89. The van der Waals surface area contributed by atoms with Crippen molar-refractivity contribution in [2.45, 2.75) is 32.1 Å². The molecule has 0 saturated carbocycles. The van der Waals surface area contributed by atoms with E-state index in [2.05, 4.69) is 43.9 Å². The van der Waals surface area contributed by atoms with Crippen molar-refractivity contribution >= 4 is 47.0 Å². The van der Waals surface area contributed by atoms with Gasteiger partial charge in [0.25, 0.3) is 5.91 Å². The number of nitrogens with zero attached hydrogens (tertiary/aromatic N) is 6. The number of piperazine rings is 1. The molecule has 0 aliphatic carbocycles. The second-order valence-corrected chi connectivity index (χ2v) is 11.1. The zero-order chi connectivity index (χ0) is 30.2. The van der Waals surface area contributed by atoms with E-state index in [0.29, 0.717) is 73.3 Å². The van der Waals surface area contributed by atoms with Gasteiger partial charge in [-0.3, -0.25) is 14.5 Å². The number of benzene rings is 1. The first-order valence-corrected chi connectivity index (χ1v) is 13.9. The van der Waals surface area contributed by atoms with Crippen LogP contribution in [-0.2, 0) is 14.3 Å². The fourth-order valence-corrected chi connectivity index (χ4v) is 5.57. The first kappa shape index (κ1) is 29.9. The molecule has 4 heterocycles. The predicted molar refractivity (Wildman–Crippen MR) is 154 cm³/mol. The number of aliphatic imine (C=N–C) groups is 1. The Morgan fingerprint density at radius 2 is 1.71 bits per heavy atom. The van der Waals surface area contributed by atoms with Crippen LogP contribution in [0.5, 0.6) is 0 Å². The second kappa shape index (κ2) is 12.0. The average Bonchev–Trinajstić information content (AvgIpc) is 2.96. The molecule has 0 spiro atoms. The summed E-state index contributed by atoms with van der Waals surface area (Å²) in [6.45, 7) is 7.83. The number of hydrogen-bond donors (Lipinski definition) is 1. The second-order valence-electron chi connectivity index (χ2n) is 10.7. The van der Waals surface area contributed by atoms with Crippen LogP contribution in [0.2, 0.25) is 5.02 Å². The van der Waals surface area contributed by atoms with E-state index in [4.69, 9.17) is 16.3 Å². The molecule has 2 fully saturated rings. The summed E-state index contributed by atoms with van der Waals surface area (Å²) in [6.07, 6.45) is -0.562. The van der Waals surface area contributed by atoms with Gasteiger partial charge in [-0.15, -0.1) is 0 Å². The van der Waals surface area contributed by atoms with Crippen LogP contribution in [-0.4, -0.2) is 97.6 Å². The van der Waals surface area contributed by atoms with Gasteiger partial charge in [-0.2, -0.15) is 13.2 Å². The lowest BCUT2D eigenvalue weighted by Gasteiger charge is -2.44. The molecule has 3 atom stereocenters. The largest absolute Gasteiger partial charge is 0.414 e. The number of morpholine rings is 1. The Morgan fingerprint density at radius 3 is 2.33 bits per heavy atom. The summed E-state index contributed by atoms with van der Waals surface area (Å²) in [6, 6.07) is 3.64. The highest BCUT2D eigenvalue weighted by Crippen LogP contribution is 2.40. The molecular weight excluding hydrogens is 575 g/mol. The molecule has 42 heavy (non-hydrogen) atoms. The van der Waals surface area contributed by atoms with E-state index in [-0.39, 0.29) is 17.8 Å². The monoisotopic (exact) mass is 605 g/mol. The van der Waals surface area contributed by atoms with Gasteiger partial charge in [0.15, 0.2) is 0 Å². The summed E-state index contributed by atoms with van der Waals surface area (Å²) in [5.41, 5.74) is 0.631. The van der Waals surface area contributed by atoms with Crippen molar-refractivity contribution in [3.63, 3.8) is 0 Å². The first-order chi connectivity index (χ1) is 19.9. The zero-order valence-electron chi connectivity index (χ0n) is 23.4. The van der Waals surface area contributed by atoms with Crippen molar-refractivity contribution in [1.29, 1.82) is 0 Å². The predicted octanol–water partition coefficient (Wildman–Crippen LogP) is 3.82. The topological polar surface area (TPSA) is 103 Å². The van der Waals surface area contributed by atoms with Crippen molar-refractivity contribution in [2.24, 2.45) is 10.9 Å². The molecule has 0 bridgehead atoms. The van der Waals surface area contributed by atoms with Crippen LogP contribution in [0.15, 0.2) is 41.2 Å². The Labute approximate surface area is 246 Å². The number of carbonyl (C=O) groups excluding carboxylic acids is 2. The minimum Gasteiger partial charge on any atom is -0.378 e. The van der Waals surface area contributed by atoms with Crippen molar-refractivity contribution in [3.8, 4) is 11.1 Å². The fraction of sp³-hybridized carbons (Fsp3) is 0.464. The lowest BCUT2D eigenvalue weighted by atomic mass is 9.95. The molecule has 1 aromatic heterocycles. The Morgan fingerprint density at radius 1 is 1.07 bits per heavy atom. The van der Waals surface area contributed by atoms with Gasteiger partial charge in [-0.1, -0.05) is 11.6 Å². The zero-order valence-corrected chi connectivity index (χ0v) is 24.1. The van der Waals surface area contributed by atoms with E-state index < -0.39 is 29.5 Å². The average molecular weight is 606 g/mol. The van der Waals surface area contributed by atoms with Gasteiger partial charge in [0.1, 0.15) is 5.92 Å². The molecule has 2 saturated heterocycles. The summed E-state index contributed by atoms with van der Waals surface area (Å²) in [5, 5.41) is 3.04. The van der Waals surface area contributed by atoms with E-state index in [9.17, 15) is 22.8 Å². The summed E-state index contributed by atoms with van der Waals surface area (Å²) in [5.74, 6) is -3.29. The summed E-state index contributed by atoms with van der Waals surface area (Å²) in [7, 11) is 2.03. The number of dihydropyridines is 1. The molecule has 2 aromatic rings. The van der Waals surface area contributed by atoms with Gasteiger partial charge in [0, 0.05) is 74.1 Å². The third kappa shape index (κ3) is 6.27. The van der Waals surface area contributed by atoms with Crippen molar-refractivity contribution in [3.05, 3.63) is 41.2 Å². The highest BCUT2D eigenvalue weighted by Gasteiger charge is 2.43. The summed E-state index contributed by atoms with van der Waals surface area (Å²) in [4.78, 5) is 43.6. The molecule has 2 amide bonds. The number of anilines is 3. The Hall–Kier alpha value is -3.55. The van der Waals surface area contributed by atoms with Crippen LogP contribution in [0.25, 0.3) is 11.1 Å². The number of alkyl halides is 3. The highest BCUT2D eigenvalue weighted by atomic mass is 35.5. The molecule has 3 aliphatic heterocycles. The molecule has 1 aromatic carbocycles. The molecule has 0 radical (unpaired) electrons. The van der Waals surface area contributed by atoms with Crippen molar-refractivity contribution in [2.75, 3.05) is 61.6 Å². The van der Waals surface area contributed by atoms with Crippen LogP contribution < -0.4 is 15.1 Å². The molecule has 10 nitrogen and oxygen atoms in total. The highest BCUT2D eigenvalue weighted by molar-refractivity contribution is 6.34.